The van der Waals surface area contributed by atoms with Crippen LogP contribution in [0.15, 0.2) is 36.9 Å². The summed E-state index contributed by atoms with van der Waals surface area (Å²) in [5.41, 5.74) is 3.58. The predicted octanol–water partition coefficient (Wildman–Crippen LogP) is 1.74. The van der Waals surface area contributed by atoms with Crippen LogP contribution in [0.5, 0.6) is 0 Å². The molecule has 1 aromatic carbocycles. The Bertz CT molecular complexity index is 1110. The van der Waals surface area contributed by atoms with Crippen LogP contribution in [0.25, 0.3) is 27.8 Å². The molecule has 0 radical (unpaired) electrons. The number of aromatic amines is 1. The number of H-pyrrole nitrogens is 1. The minimum absolute atomic E-state index is 0.641. The van der Waals surface area contributed by atoms with Gasteiger partial charge in [-0.25, -0.2) is 9.97 Å². The molecule has 4 aromatic rings. The number of nitrogens with zero attached hydrogens (tertiary/aromatic N) is 7. The first-order valence-electron chi connectivity index (χ1n) is 10.0. The van der Waals surface area contributed by atoms with Crippen molar-refractivity contribution in [2.75, 3.05) is 51.6 Å². The maximum atomic E-state index is 4.71. The molecule has 0 bridgehead atoms. The Kier molecular flexibility index (Phi) is 4.82. The van der Waals surface area contributed by atoms with Crippen LogP contribution in [0.1, 0.15) is 6.42 Å². The Balaban J connectivity index is 1.27. The second-order valence-electron chi connectivity index (χ2n) is 7.58. The van der Waals surface area contributed by atoms with Gasteiger partial charge in [-0.3, -0.25) is 9.67 Å². The van der Waals surface area contributed by atoms with Crippen LogP contribution in [0, 0.1) is 0 Å². The molecule has 0 saturated carbocycles. The summed E-state index contributed by atoms with van der Waals surface area (Å²) in [6.07, 6.45) is 6.46. The molecule has 0 unspecified atom stereocenters. The molecule has 9 heteroatoms. The highest BCUT2D eigenvalue weighted by molar-refractivity contribution is 5.81. The van der Waals surface area contributed by atoms with Gasteiger partial charge in [-0.15, -0.1) is 0 Å². The fourth-order valence-electron chi connectivity index (χ4n) is 3.74. The monoisotopic (exact) mass is 391 g/mol. The number of imidazole rings is 1. The highest BCUT2D eigenvalue weighted by Gasteiger charge is 2.13. The number of benzene rings is 1. The van der Waals surface area contributed by atoms with E-state index < -0.39 is 0 Å². The number of anilines is 1. The van der Waals surface area contributed by atoms with Gasteiger partial charge in [0.15, 0.2) is 5.65 Å². The molecule has 3 aromatic heterocycles. The Morgan fingerprint density at radius 1 is 1.10 bits per heavy atom. The molecule has 4 heterocycles. The first-order valence-corrected chi connectivity index (χ1v) is 10.0. The molecule has 1 fully saturated rings. The highest BCUT2D eigenvalue weighted by atomic mass is 15.2. The lowest BCUT2D eigenvalue weighted by molar-refractivity contribution is 0.154. The minimum atomic E-state index is 0.641. The van der Waals surface area contributed by atoms with E-state index in [9.17, 15) is 0 Å². The summed E-state index contributed by atoms with van der Waals surface area (Å²) in [5.74, 6) is 0.641. The van der Waals surface area contributed by atoms with Gasteiger partial charge < -0.3 is 15.1 Å². The van der Waals surface area contributed by atoms with Crippen LogP contribution in [0.2, 0.25) is 0 Å². The number of aromatic nitrogens is 6. The van der Waals surface area contributed by atoms with Crippen LogP contribution >= 0.6 is 0 Å². The second-order valence-corrected chi connectivity index (χ2v) is 7.58. The molecule has 0 spiro atoms. The maximum Gasteiger partial charge on any atom is 0.224 e. The van der Waals surface area contributed by atoms with Gasteiger partial charge in [0.1, 0.15) is 11.8 Å². The number of fused-ring (bicyclic) bond motifs is 2. The number of hydrogen-bond acceptors (Lipinski definition) is 7. The molecule has 1 aliphatic rings. The average Bonchev–Trinajstić information content (AvgIpc) is 3.38. The lowest BCUT2D eigenvalue weighted by atomic mass is 10.2. The zero-order valence-corrected chi connectivity index (χ0v) is 16.5. The minimum Gasteiger partial charge on any atom is -0.354 e. The van der Waals surface area contributed by atoms with Crippen molar-refractivity contribution >= 4 is 28.0 Å². The van der Waals surface area contributed by atoms with Crippen molar-refractivity contribution in [2.24, 2.45) is 0 Å². The molecule has 5 rings (SSSR count). The fraction of sp³-hybridized carbons (Fsp3) is 0.400. The van der Waals surface area contributed by atoms with Crippen molar-refractivity contribution in [3.8, 4) is 5.69 Å². The number of rotatable bonds is 6. The molecule has 9 nitrogen and oxygen atoms in total. The lowest BCUT2D eigenvalue weighted by Crippen LogP contribution is -2.44. The summed E-state index contributed by atoms with van der Waals surface area (Å²) in [7, 11) is 2.18. The van der Waals surface area contributed by atoms with Gasteiger partial charge in [-0.2, -0.15) is 10.1 Å². The maximum absolute atomic E-state index is 4.71. The highest BCUT2D eigenvalue weighted by Crippen LogP contribution is 2.20. The largest absolute Gasteiger partial charge is 0.354 e. The summed E-state index contributed by atoms with van der Waals surface area (Å²) in [6.45, 7) is 6.57. The molecule has 29 heavy (non-hydrogen) atoms. The molecular formula is C20H25N9. The second kappa shape index (κ2) is 7.76. The molecule has 0 atom stereocenters. The van der Waals surface area contributed by atoms with E-state index >= 15 is 0 Å². The molecular weight excluding hydrogens is 366 g/mol. The number of hydrogen-bond donors (Lipinski definition) is 2. The van der Waals surface area contributed by atoms with Gasteiger partial charge in [0.25, 0.3) is 0 Å². The van der Waals surface area contributed by atoms with Crippen molar-refractivity contribution in [2.45, 2.75) is 6.42 Å². The van der Waals surface area contributed by atoms with Gasteiger partial charge in [0.05, 0.1) is 17.9 Å². The third-order valence-corrected chi connectivity index (χ3v) is 5.52. The normalized spacial score (nSPS) is 16.0. The molecule has 0 amide bonds. The van der Waals surface area contributed by atoms with E-state index in [0.29, 0.717) is 5.95 Å². The van der Waals surface area contributed by atoms with Crippen molar-refractivity contribution in [3.63, 3.8) is 0 Å². The van der Waals surface area contributed by atoms with E-state index in [-0.39, 0.29) is 0 Å². The van der Waals surface area contributed by atoms with E-state index in [1.54, 1.807) is 12.5 Å². The number of piperazine rings is 1. The van der Waals surface area contributed by atoms with E-state index in [0.717, 1.165) is 73.4 Å². The van der Waals surface area contributed by atoms with Gasteiger partial charge in [-0.1, -0.05) is 0 Å². The Morgan fingerprint density at radius 2 is 2.00 bits per heavy atom. The number of likely N-dealkylation sites (N-methyl/N-ethyl adjacent to an activating group) is 1. The zero-order valence-electron chi connectivity index (χ0n) is 16.5. The summed E-state index contributed by atoms with van der Waals surface area (Å²) >= 11 is 0. The predicted molar refractivity (Wildman–Crippen MR) is 113 cm³/mol. The number of nitrogens with one attached hydrogen (secondary N) is 2. The molecule has 0 aliphatic carbocycles. The quantitative estimate of drug-likeness (QED) is 0.484. The SMILES string of the molecule is CN1CCN(CCCNc2ncc3ncn(-c4ccc5[nH]ncc5c4)c3n2)CC1. The summed E-state index contributed by atoms with van der Waals surface area (Å²) in [5, 5.41) is 11.5. The van der Waals surface area contributed by atoms with E-state index in [1.807, 2.05) is 22.9 Å². The zero-order chi connectivity index (χ0) is 19.6. The first-order chi connectivity index (χ1) is 14.3. The topological polar surface area (TPSA) is 90.8 Å². The van der Waals surface area contributed by atoms with Crippen LogP contribution < -0.4 is 5.32 Å². The van der Waals surface area contributed by atoms with E-state index in [1.165, 1.54) is 0 Å². The molecule has 2 N–H and O–H groups in total. The van der Waals surface area contributed by atoms with Gasteiger partial charge >= 0.3 is 0 Å². The molecule has 150 valence electrons. The Morgan fingerprint density at radius 3 is 2.90 bits per heavy atom. The van der Waals surface area contributed by atoms with Crippen molar-refractivity contribution in [1.82, 2.24) is 39.5 Å². The molecule has 1 aliphatic heterocycles. The average molecular weight is 391 g/mol. The van der Waals surface area contributed by atoms with Crippen LogP contribution in [0.3, 0.4) is 0 Å². The van der Waals surface area contributed by atoms with Crippen molar-refractivity contribution < 1.29 is 0 Å². The molecule has 1 saturated heterocycles. The van der Waals surface area contributed by atoms with E-state index in [2.05, 4.69) is 48.4 Å². The van der Waals surface area contributed by atoms with Crippen LogP contribution in [-0.2, 0) is 0 Å². The van der Waals surface area contributed by atoms with Crippen LogP contribution in [-0.4, -0.2) is 85.8 Å². The summed E-state index contributed by atoms with van der Waals surface area (Å²) < 4.78 is 1.98. The first kappa shape index (κ1) is 18.0. The standard InChI is InChI=1S/C20H25N9/c1-27-7-9-28(10-8-27)6-2-5-21-20-22-13-18-19(25-20)29(14-23-18)16-3-4-17-15(11-16)12-24-26-17/h3-4,11-14H,2,5-10H2,1H3,(H,24,26)(H,21,22,25). The smallest absolute Gasteiger partial charge is 0.224 e. The van der Waals surface area contributed by atoms with Crippen molar-refractivity contribution in [3.05, 3.63) is 36.9 Å². The third-order valence-electron chi connectivity index (χ3n) is 5.52. The van der Waals surface area contributed by atoms with Crippen molar-refractivity contribution in [1.29, 1.82) is 0 Å². The summed E-state index contributed by atoms with van der Waals surface area (Å²) in [6, 6.07) is 6.13. The third kappa shape index (κ3) is 3.79. The van der Waals surface area contributed by atoms with Gasteiger partial charge in [0.2, 0.25) is 5.95 Å². The van der Waals surface area contributed by atoms with E-state index in [4.69, 9.17) is 4.98 Å². The Labute approximate surface area is 168 Å². The van der Waals surface area contributed by atoms with Gasteiger partial charge in [0, 0.05) is 43.8 Å². The Hall–Kier alpha value is -3.04. The van der Waals surface area contributed by atoms with Gasteiger partial charge in [-0.05, 0) is 38.2 Å². The fourth-order valence-corrected chi connectivity index (χ4v) is 3.74. The summed E-state index contributed by atoms with van der Waals surface area (Å²) in [4.78, 5) is 18.5. The van der Waals surface area contributed by atoms with Crippen LogP contribution in [0.4, 0.5) is 5.95 Å². The lowest BCUT2D eigenvalue weighted by Gasteiger charge is -2.32.